The van der Waals surface area contributed by atoms with Crippen LogP contribution < -0.4 is 4.90 Å². The van der Waals surface area contributed by atoms with Gasteiger partial charge in [-0.2, -0.15) is 0 Å². The standard InChI is InChI=1S/C15H24ClN/c1-11(2)8-13(4)17(5)15-7-6-14(10-16)12(3)9-15/h6-7,9,11,13H,8,10H2,1-5H3. The zero-order valence-corrected chi connectivity index (χ0v) is 12.4. The van der Waals surface area contributed by atoms with Crippen LogP contribution in [0.5, 0.6) is 0 Å². The van der Waals surface area contributed by atoms with Gasteiger partial charge in [0.2, 0.25) is 0 Å². The van der Waals surface area contributed by atoms with Crippen molar-refractivity contribution in [3.05, 3.63) is 29.3 Å². The van der Waals surface area contributed by atoms with Crippen molar-refractivity contribution < 1.29 is 0 Å². The summed E-state index contributed by atoms with van der Waals surface area (Å²) in [6.07, 6.45) is 1.22. The van der Waals surface area contributed by atoms with Crippen molar-refractivity contribution in [3.63, 3.8) is 0 Å². The monoisotopic (exact) mass is 253 g/mol. The number of hydrogen-bond donors (Lipinski definition) is 0. The van der Waals surface area contributed by atoms with Crippen molar-refractivity contribution in [2.75, 3.05) is 11.9 Å². The van der Waals surface area contributed by atoms with Gasteiger partial charge in [0, 0.05) is 24.7 Å². The van der Waals surface area contributed by atoms with Crippen molar-refractivity contribution in [2.45, 2.75) is 46.0 Å². The number of nitrogens with zero attached hydrogens (tertiary/aromatic N) is 1. The molecule has 1 aromatic carbocycles. The molecule has 0 spiro atoms. The molecule has 0 bridgehead atoms. The molecule has 0 fully saturated rings. The molecule has 1 unspecified atom stereocenters. The van der Waals surface area contributed by atoms with Gasteiger partial charge in [-0.1, -0.05) is 19.9 Å². The smallest absolute Gasteiger partial charge is 0.0476 e. The molecular weight excluding hydrogens is 230 g/mol. The summed E-state index contributed by atoms with van der Waals surface area (Å²) in [7, 11) is 2.17. The van der Waals surface area contributed by atoms with Gasteiger partial charge >= 0.3 is 0 Å². The van der Waals surface area contributed by atoms with Crippen LogP contribution in [-0.4, -0.2) is 13.1 Å². The predicted octanol–water partition coefficient (Wildman–Crippen LogP) is 4.60. The molecule has 96 valence electrons. The van der Waals surface area contributed by atoms with Crippen molar-refractivity contribution in [3.8, 4) is 0 Å². The fraction of sp³-hybridized carbons (Fsp3) is 0.600. The highest BCUT2D eigenvalue weighted by atomic mass is 35.5. The van der Waals surface area contributed by atoms with E-state index in [1.807, 2.05) is 0 Å². The van der Waals surface area contributed by atoms with E-state index in [0.29, 0.717) is 11.9 Å². The molecule has 0 saturated carbocycles. The summed E-state index contributed by atoms with van der Waals surface area (Å²) in [4.78, 5) is 2.35. The largest absolute Gasteiger partial charge is 0.372 e. The molecule has 1 nitrogen and oxygen atoms in total. The maximum absolute atomic E-state index is 5.88. The molecule has 0 aliphatic carbocycles. The summed E-state index contributed by atoms with van der Waals surface area (Å²) < 4.78 is 0. The Morgan fingerprint density at radius 1 is 1.24 bits per heavy atom. The molecule has 0 amide bonds. The molecule has 0 radical (unpaired) electrons. The van der Waals surface area contributed by atoms with E-state index in [-0.39, 0.29) is 0 Å². The Morgan fingerprint density at radius 2 is 1.88 bits per heavy atom. The van der Waals surface area contributed by atoms with E-state index in [0.717, 1.165) is 5.92 Å². The first kappa shape index (κ1) is 14.4. The summed E-state index contributed by atoms with van der Waals surface area (Å²) in [5.41, 5.74) is 3.78. The summed E-state index contributed by atoms with van der Waals surface area (Å²) in [5, 5.41) is 0. The van der Waals surface area contributed by atoms with Gasteiger partial charge in [-0.3, -0.25) is 0 Å². The molecule has 2 heteroatoms. The minimum Gasteiger partial charge on any atom is -0.372 e. The van der Waals surface area contributed by atoms with Crippen molar-refractivity contribution in [1.82, 2.24) is 0 Å². The Balaban J connectivity index is 2.82. The Morgan fingerprint density at radius 3 is 2.35 bits per heavy atom. The second-order valence-corrected chi connectivity index (χ2v) is 5.60. The van der Waals surface area contributed by atoms with Gasteiger partial charge in [-0.25, -0.2) is 0 Å². The van der Waals surface area contributed by atoms with Crippen molar-refractivity contribution in [1.29, 1.82) is 0 Å². The minimum absolute atomic E-state index is 0.566. The first-order valence-electron chi connectivity index (χ1n) is 6.34. The Labute approximate surface area is 111 Å². The van der Waals surface area contributed by atoms with Gasteiger partial charge in [0.25, 0.3) is 0 Å². The van der Waals surface area contributed by atoms with Gasteiger partial charge in [0.05, 0.1) is 0 Å². The molecule has 17 heavy (non-hydrogen) atoms. The van der Waals surface area contributed by atoms with Crippen LogP contribution in [0.4, 0.5) is 5.69 Å². The van der Waals surface area contributed by atoms with E-state index in [2.05, 4.69) is 57.8 Å². The summed E-state index contributed by atoms with van der Waals surface area (Å²) in [6.45, 7) is 8.95. The maximum Gasteiger partial charge on any atom is 0.0476 e. The Hall–Kier alpha value is -0.690. The number of hydrogen-bond acceptors (Lipinski definition) is 1. The number of benzene rings is 1. The molecule has 1 rings (SSSR count). The predicted molar refractivity (Wildman–Crippen MR) is 78.1 cm³/mol. The second kappa shape index (κ2) is 6.30. The first-order chi connectivity index (χ1) is 7.95. The molecule has 1 atom stereocenters. The van der Waals surface area contributed by atoms with Crippen LogP contribution in [0.25, 0.3) is 0 Å². The van der Waals surface area contributed by atoms with E-state index in [9.17, 15) is 0 Å². The number of anilines is 1. The van der Waals surface area contributed by atoms with E-state index in [1.54, 1.807) is 0 Å². The van der Waals surface area contributed by atoms with Gasteiger partial charge < -0.3 is 4.90 Å². The maximum atomic E-state index is 5.88. The van der Waals surface area contributed by atoms with Gasteiger partial charge in [-0.05, 0) is 49.4 Å². The molecule has 0 N–H and O–H groups in total. The van der Waals surface area contributed by atoms with Crippen LogP contribution >= 0.6 is 11.6 Å². The lowest BCUT2D eigenvalue weighted by molar-refractivity contribution is 0.504. The number of alkyl halides is 1. The van der Waals surface area contributed by atoms with Crippen LogP contribution in [0.1, 0.15) is 38.3 Å². The average molecular weight is 254 g/mol. The zero-order valence-electron chi connectivity index (χ0n) is 11.6. The van der Waals surface area contributed by atoms with E-state index in [4.69, 9.17) is 11.6 Å². The highest BCUT2D eigenvalue weighted by Crippen LogP contribution is 2.22. The average Bonchev–Trinajstić information content (AvgIpc) is 2.27. The van der Waals surface area contributed by atoms with Crippen LogP contribution in [0.2, 0.25) is 0 Å². The fourth-order valence-corrected chi connectivity index (χ4v) is 2.44. The van der Waals surface area contributed by atoms with Crippen LogP contribution in [0.3, 0.4) is 0 Å². The van der Waals surface area contributed by atoms with Crippen LogP contribution in [0.15, 0.2) is 18.2 Å². The molecule has 0 aliphatic heterocycles. The molecule has 0 aromatic heterocycles. The molecule has 0 aliphatic rings. The third-order valence-electron chi connectivity index (χ3n) is 3.35. The minimum atomic E-state index is 0.566. The van der Waals surface area contributed by atoms with Gasteiger partial charge in [-0.15, -0.1) is 11.6 Å². The summed E-state index contributed by atoms with van der Waals surface area (Å²) in [5.74, 6) is 1.33. The van der Waals surface area contributed by atoms with Crippen LogP contribution in [0, 0.1) is 12.8 Å². The highest BCUT2D eigenvalue weighted by Gasteiger charge is 2.12. The van der Waals surface area contributed by atoms with Crippen molar-refractivity contribution in [2.24, 2.45) is 5.92 Å². The lowest BCUT2D eigenvalue weighted by Crippen LogP contribution is -2.30. The summed E-state index contributed by atoms with van der Waals surface area (Å²) in [6, 6.07) is 7.10. The Kier molecular flexibility index (Phi) is 5.32. The quantitative estimate of drug-likeness (QED) is 0.693. The summed E-state index contributed by atoms with van der Waals surface area (Å²) >= 11 is 5.88. The normalized spacial score (nSPS) is 12.9. The zero-order chi connectivity index (χ0) is 13.0. The van der Waals surface area contributed by atoms with Crippen molar-refractivity contribution >= 4 is 17.3 Å². The van der Waals surface area contributed by atoms with Gasteiger partial charge in [0.15, 0.2) is 0 Å². The lowest BCUT2D eigenvalue weighted by Gasteiger charge is -2.29. The van der Waals surface area contributed by atoms with E-state index >= 15 is 0 Å². The topological polar surface area (TPSA) is 3.24 Å². The number of halogens is 1. The third-order valence-corrected chi connectivity index (χ3v) is 3.64. The molecule has 1 aromatic rings. The van der Waals surface area contributed by atoms with E-state index < -0.39 is 0 Å². The first-order valence-corrected chi connectivity index (χ1v) is 6.87. The second-order valence-electron chi connectivity index (χ2n) is 5.33. The van der Waals surface area contributed by atoms with Gasteiger partial charge in [0.1, 0.15) is 0 Å². The number of rotatable bonds is 5. The van der Waals surface area contributed by atoms with Crippen LogP contribution in [-0.2, 0) is 5.88 Å². The highest BCUT2D eigenvalue weighted by molar-refractivity contribution is 6.17. The number of aryl methyl sites for hydroxylation is 1. The SMILES string of the molecule is Cc1cc(N(C)C(C)CC(C)C)ccc1CCl. The Bertz CT molecular complexity index is 360. The molecule has 0 saturated heterocycles. The lowest BCUT2D eigenvalue weighted by atomic mass is 10.0. The third kappa shape index (κ3) is 3.92. The fourth-order valence-electron chi connectivity index (χ4n) is 2.14. The van der Waals surface area contributed by atoms with E-state index in [1.165, 1.54) is 23.2 Å². The molecular formula is C15H24ClN. The molecule has 0 heterocycles.